The molecule has 0 saturated heterocycles. The summed E-state index contributed by atoms with van der Waals surface area (Å²) in [5.74, 6) is -0.0250. The van der Waals surface area contributed by atoms with Gasteiger partial charge in [-0.2, -0.15) is 0 Å². The Labute approximate surface area is 146 Å². The molecule has 0 bridgehead atoms. The summed E-state index contributed by atoms with van der Waals surface area (Å²) in [6, 6.07) is 19.4. The van der Waals surface area contributed by atoms with E-state index < -0.39 is 0 Å². The number of hydrogen-bond acceptors (Lipinski definition) is 1. The van der Waals surface area contributed by atoms with E-state index in [1.165, 1.54) is 0 Å². The first kappa shape index (κ1) is 16.3. The Balaban J connectivity index is 1.79. The second kappa shape index (κ2) is 7.37. The summed E-state index contributed by atoms with van der Waals surface area (Å²) in [5, 5.41) is 3.66. The monoisotopic (exact) mass is 338 g/mol. The van der Waals surface area contributed by atoms with Crippen molar-refractivity contribution in [3.63, 3.8) is 0 Å². The summed E-state index contributed by atoms with van der Waals surface area (Å²) in [5.41, 5.74) is 2.86. The zero-order chi connectivity index (χ0) is 16.9. The van der Waals surface area contributed by atoms with Crippen molar-refractivity contribution in [1.82, 2.24) is 4.57 Å². The predicted octanol–water partition coefficient (Wildman–Crippen LogP) is 5.07. The minimum atomic E-state index is -0.0335. The Morgan fingerprint density at radius 1 is 1.08 bits per heavy atom. The van der Waals surface area contributed by atoms with E-state index in [-0.39, 0.29) is 11.9 Å². The van der Waals surface area contributed by atoms with E-state index in [0.29, 0.717) is 11.4 Å². The third-order valence-electron chi connectivity index (χ3n) is 4.01. The number of nitrogens with one attached hydrogen (secondary N) is 1. The highest BCUT2D eigenvalue weighted by Gasteiger charge is 2.17. The number of aromatic nitrogens is 1. The number of anilines is 1. The van der Waals surface area contributed by atoms with Gasteiger partial charge in [-0.05, 0) is 48.4 Å². The van der Waals surface area contributed by atoms with Gasteiger partial charge in [0.1, 0.15) is 0 Å². The van der Waals surface area contributed by atoms with Crippen LogP contribution in [0.5, 0.6) is 0 Å². The van der Waals surface area contributed by atoms with Crippen LogP contribution in [-0.2, 0) is 4.79 Å². The first-order valence-electron chi connectivity index (χ1n) is 7.87. The van der Waals surface area contributed by atoms with Gasteiger partial charge in [0.25, 0.3) is 0 Å². The lowest BCUT2D eigenvalue weighted by atomic mass is 10.0. The molecule has 0 aliphatic carbocycles. The first-order valence-corrected chi connectivity index (χ1v) is 8.24. The molecule has 0 aliphatic rings. The van der Waals surface area contributed by atoms with Gasteiger partial charge in [0.2, 0.25) is 5.91 Å². The van der Waals surface area contributed by atoms with Crippen LogP contribution in [0.3, 0.4) is 0 Å². The first-order chi connectivity index (χ1) is 11.6. The van der Waals surface area contributed by atoms with Gasteiger partial charge in [0.05, 0.1) is 12.5 Å². The molecule has 0 fully saturated rings. The molecule has 4 heteroatoms. The van der Waals surface area contributed by atoms with E-state index in [2.05, 4.69) is 9.88 Å². The van der Waals surface area contributed by atoms with Crippen molar-refractivity contribution in [2.24, 2.45) is 0 Å². The molecule has 0 spiro atoms. The summed E-state index contributed by atoms with van der Waals surface area (Å²) >= 11 is 5.97. The van der Waals surface area contributed by atoms with E-state index in [0.717, 1.165) is 16.8 Å². The summed E-state index contributed by atoms with van der Waals surface area (Å²) in [4.78, 5) is 12.6. The van der Waals surface area contributed by atoms with E-state index in [1.54, 1.807) is 6.07 Å². The molecule has 1 atom stereocenters. The molecule has 2 aromatic carbocycles. The van der Waals surface area contributed by atoms with Gasteiger partial charge in [-0.15, -0.1) is 0 Å². The quantitative estimate of drug-likeness (QED) is 0.692. The number of benzene rings is 2. The zero-order valence-corrected chi connectivity index (χ0v) is 14.2. The number of carbonyl (C=O) groups excluding carboxylic acids is 1. The van der Waals surface area contributed by atoms with Gasteiger partial charge < -0.3 is 9.88 Å². The zero-order valence-electron chi connectivity index (χ0n) is 13.4. The molecular weight excluding hydrogens is 320 g/mol. The average molecular weight is 339 g/mol. The van der Waals surface area contributed by atoms with Crippen LogP contribution in [0.25, 0.3) is 0 Å². The topological polar surface area (TPSA) is 34.0 Å². The maximum atomic E-state index is 12.6. The number of rotatable bonds is 5. The Bertz CT molecular complexity index is 813. The highest BCUT2D eigenvalue weighted by molar-refractivity contribution is 6.30. The van der Waals surface area contributed by atoms with E-state index >= 15 is 0 Å². The van der Waals surface area contributed by atoms with Crippen LogP contribution in [-0.4, -0.2) is 10.5 Å². The van der Waals surface area contributed by atoms with Gasteiger partial charge >= 0.3 is 0 Å². The molecule has 122 valence electrons. The van der Waals surface area contributed by atoms with Gasteiger partial charge in [-0.3, -0.25) is 4.79 Å². The lowest BCUT2D eigenvalue weighted by Gasteiger charge is -2.19. The molecule has 1 amide bonds. The molecule has 1 aromatic heterocycles. The maximum Gasteiger partial charge on any atom is 0.226 e. The molecule has 0 radical (unpaired) electrons. The third-order valence-corrected chi connectivity index (χ3v) is 4.25. The minimum Gasteiger partial charge on any atom is -0.346 e. The van der Waals surface area contributed by atoms with Crippen molar-refractivity contribution in [2.75, 3.05) is 5.32 Å². The standard InChI is InChI=1S/C20H19ClN2O/c1-15-13-17(21)9-10-18(15)22-20(24)14-19(23-11-5-6-12-23)16-7-3-2-4-8-16/h2-13,19H,14H2,1H3,(H,22,24)/t19-/m1/s1. The normalized spacial score (nSPS) is 11.9. The molecular formula is C20H19ClN2O. The van der Waals surface area contributed by atoms with Crippen molar-refractivity contribution >= 4 is 23.2 Å². The fourth-order valence-corrected chi connectivity index (χ4v) is 3.00. The van der Waals surface area contributed by atoms with Gasteiger partial charge in [-0.25, -0.2) is 0 Å². The Hall–Kier alpha value is -2.52. The molecule has 0 unspecified atom stereocenters. The second-order valence-electron chi connectivity index (χ2n) is 5.77. The number of hydrogen-bond donors (Lipinski definition) is 1. The average Bonchev–Trinajstić information content (AvgIpc) is 3.10. The van der Waals surface area contributed by atoms with E-state index in [4.69, 9.17) is 11.6 Å². The SMILES string of the molecule is Cc1cc(Cl)ccc1NC(=O)C[C@H](c1ccccc1)n1cccc1. The van der Waals surface area contributed by atoms with Crippen LogP contribution in [0, 0.1) is 6.92 Å². The lowest BCUT2D eigenvalue weighted by molar-refractivity contribution is -0.116. The van der Waals surface area contributed by atoms with Gasteiger partial charge in [0.15, 0.2) is 0 Å². The largest absolute Gasteiger partial charge is 0.346 e. The van der Waals surface area contributed by atoms with Crippen LogP contribution in [0.2, 0.25) is 5.02 Å². The molecule has 24 heavy (non-hydrogen) atoms. The maximum absolute atomic E-state index is 12.6. The van der Waals surface area contributed by atoms with E-state index in [1.807, 2.05) is 73.9 Å². The molecule has 3 nitrogen and oxygen atoms in total. The van der Waals surface area contributed by atoms with Crippen molar-refractivity contribution in [2.45, 2.75) is 19.4 Å². The van der Waals surface area contributed by atoms with Crippen molar-refractivity contribution in [3.05, 3.63) is 89.2 Å². The fourth-order valence-electron chi connectivity index (χ4n) is 2.77. The Kier molecular flexibility index (Phi) is 5.02. The third kappa shape index (κ3) is 3.87. The van der Waals surface area contributed by atoms with Crippen molar-refractivity contribution < 1.29 is 4.79 Å². The molecule has 1 heterocycles. The number of amides is 1. The number of nitrogens with zero attached hydrogens (tertiary/aromatic N) is 1. The molecule has 0 saturated carbocycles. The van der Waals surface area contributed by atoms with E-state index in [9.17, 15) is 4.79 Å². The van der Waals surface area contributed by atoms with Crippen LogP contribution in [0.1, 0.15) is 23.6 Å². The summed E-state index contributed by atoms with van der Waals surface area (Å²) in [7, 11) is 0. The van der Waals surface area contributed by atoms with Crippen LogP contribution in [0.4, 0.5) is 5.69 Å². The van der Waals surface area contributed by atoms with Crippen LogP contribution >= 0.6 is 11.6 Å². The number of carbonyl (C=O) groups is 1. The molecule has 3 aromatic rings. The van der Waals surface area contributed by atoms with Gasteiger partial charge in [-0.1, -0.05) is 41.9 Å². The van der Waals surface area contributed by atoms with Crippen molar-refractivity contribution in [3.8, 4) is 0 Å². The Morgan fingerprint density at radius 3 is 2.46 bits per heavy atom. The highest BCUT2D eigenvalue weighted by atomic mass is 35.5. The minimum absolute atomic E-state index is 0.0250. The summed E-state index contributed by atoms with van der Waals surface area (Å²) < 4.78 is 2.06. The van der Waals surface area contributed by atoms with Gasteiger partial charge in [0, 0.05) is 23.1 Å². The number of aryl methyl sites for hydroxylation is 1. The molecule has 3 rings (SSSR count). The van der Waals surface area contributed by atoms with Crippen LogP contribution in [0.15, 0.2) is 73.1 Å². The lowest BCUT2D eigenvalue weighted by Crippen LogP contribution is -2.20. The Morgan fingerprint density at radius 2 is 1.79 bits per heavy atom. The predicted molar refractivity (Wildman–Crippen MR) is 98.4 cm³/mol. The number of halogens is 1. The second-order valence-corrected chi connectivity index (χ2v) is 6.20. The van der Waals surface area contributed by atoms with Crippen molar-refractivity contribution in [1.29, 1.82) is 0 Å². The highest BCUT2D eigenvalue weighted by Crippen LogP contribution is 2.24. The molecule has 0 aliphatic heterocycles. The van der Waals surface area contributed by atoms with Crippen LogP contribution < -0.4 is 5.32 Å². The summed E-state index contributed by atoms with van der Waals surface area (Å²) in [6.45, 7) is 1.93. The summed E-state index contributed by atoms with van der Waals surface area (Å²) in [6.07, 6.45) is 4.33. The fraction of sp³-hybridized carbons (Fsp3) is 0.150. The smallest absolute Gasteiger partial charge is 0.226 e. The molecule has 1 N–H and O–H groups in total.